The Kier molecular flexibility index (Phi) is 3.62. The van der Waals surface area contributed by atoms with Gasteiger partial charge in [-0.2, -0.15) is 0 Å². The van der Waals surface area contributed by atoms with Crippen molar-refractivity contribution in [2.24, 2.45) is 0 Å². The number of benzene rings is 1. The van der Waals surface area contributed by atoms with Gasteiger partial charge in [0.2, 0.25) is 0 Å². The van der Waals surface area contributed by atoms with Crippen molar-refractivity contribution in [2.75, 3.05) is 28.3 Å². The van der Waals surface area contributed by atoms with Crippen LogP contribution in [-0.4, -0.2) is 33.2 Å². The van der Waals surface area contributed by atoms with Gasteiger partial charge in [0.25, 0.3) is 0 Å². The standard InChI is InChI=1S/C15H21NO2/c1-6-10-7-11-8-13(17-4)14(18-5)9-12(11)15(10)16(2)3/h7-9,15H,6H2,1-5H3. The molecule has 1 aliphatic rings. The number of hydrogen-bond acceptors (Lipinski definition) is 3. The zero-order valence-corrected chi connectivity index (χ0v) is 11.8. The Bertz CT molecular complexity index is 478. The van der Waals surface area contributed by atoms with E-state index in [1.165, 1.54) is 16.7 Å². The van der Waals surface area contributed by atoms with E-state index in [-0.39, 0.29) is 0 Å². The van der Waals surface area contributed by atoms with Gasteiger partial charge in [-0.05, 0) is 49.3 Å². The molecule has 0 radical (unpaired) electrons. The van der Waals surface area contributed by atoms with E-state index < -0.39 is 0 Å². The predicted octanol–water partition coefficient (Wildman–Crippen LogP) is 3.11. The molecule has 0 amide bonds. The fourth-order valence-electron chi connectivity index (χ4n) is 2.66. The van der Waals surface area contributed by atoms with Crippen molar-refractivity contribution in [2.45, 2.75) is 19.4 Å². The van der Waals surface area contributed by atoms with E-state index >= 15 is 0 Å². The van der Waals surface area contributed by atoms with Crippen LogP contribution in [0, 0.1) is 0 Å². The monoisotopic (exact) mass is 247 g/mol. The van der Waals surface area contributed by atoms with Gasteiger partial charge < -0.3 is 9.47 Å². The second kappa shape index (κ2) is 5.02. The Morgan fingerprint density at radius 2 is 1.72 bits per heavy atom. The van der Waals surface area contributed by atoms with Crippen molar-refractivity contribution >= 4 is 6.08 Å². The summed E-state index contributed by atoms with van der Waals surface area (Å²) >= 11 is 0. The first kappa shape index (κ1) is 13.0. The van der Waals surface area contributed by atoms with E-state index in [1.807, 2.05) is 0 Å². The van der Waals surface area contributed by atoms with Crippen molar-refractivity contribution in [3.8, 4) is 11.5 Å². The maximum atomic E-state index is 5.39. The van der Waals surface area contributed by atoms with Gasteiger partial charge in [-0.3, -0.25) is 4.90 Å². The third-order valence-corrected chi connectivity index (χ3v) is 3.50. The molecule has 0 bridgehead atoms. The van der Waals surface area contributed by atoms with Crippen LogP contribution in [-0.2, 0) is 0 Å². The Morgan fingerprint density at radius 1 is 1.11 bits per heavy atom. The van der Waals surface area contributed by atoms with Crippen LogP contribution in [0.2, 0.25) is 0 Å². The second-order valence-electron chi connectivity index (χ2n) is 4.78. The Morgan fingerprint density at radius 3 is 2.22 bits per heavy atom. The number of likely N-dealkylation sites (N-methyl/N-ethyl adjacent to an activating group) is 1. The highest BCUT2D eigenvalue weighted by atomic mass is 16.5. The van der Waals surface area contributed by atoms with Gasteiger partial charge in [0.05, 0.1) is 20.3 Å². The van der Waals surface area contributed by atoms with Gasteiger partial charge in [0.15, 0.2) is 11.5 Å². The molecule has 98 valence electrons. The average Bonchev–Trinajstić information content (AvgIpc) is 2.74. The highest BCUT2D eigenvalue weighted by Gasteiger charge is 2.27. The normalized spacial score (nSPS) is 17.7. The number of hydrogen-bond donors (Lipinski definition) is 0. The van der Waals surface area contributed by atoms with Gasteiger partial charge in [0, 0.05) is 0 Å². The summed E-state index contributed by atoms with van der Waals surface area (Å²) in [7, 11) is 7.57. The van der Waals surface area contributed by atoms with Crippen LogP contribution in [0.15, 0.2) is 17.7 Å². The first-order chi connectivity index (χ1) is 8.62. The lowest BCUT2D eigenvalue weighted by Crippen LogP contribution is -2.20. The lowest BCUT2D eigenvalue weighted by atomic mass is 10.0. The maximum Gasteiger partial charge on any atom is 0.161 e. The molecule has 3 heteroatoms. The molecule has 1 unspecified atom stereocenters. The predicted molar refractivity (Wildman–Crippen MR) is 74.2 cm³/mol. The van der Waals surface area contributed by atoms with E-state index in [4.69, 9.17) is 9.47 Å². The van der Waals surface area contributed by atoms with E-state index in [0.717, 1.165) is 17.9 Å². The highest BCUT2D eigenvalue weighted by Crippen LogP contribution is 2.43. The quantitative estimate of drug-likeness (QED) is 0.816. The van der Waals surface area contributed by atoms with Gasteiger partial charge in [-0.15, -0.1) is 0 Å². The molecule has 0 saturated heterocycles. The summed E-state index contributed by atoms with van der Waals surface area (Å²) in [4.78, 5) is 2.24. The summed E-state index contributed by atoms with van der Waals surface area (Å²) in [6.45, 7) is 2.20. The van der Waals surface area contributed by atoms with Crippen molar-refractivity contribution in [1.29, 1.82) is 0 Å². The van der Waals surface area contributed by atoms with Crippen molar-refractivity contribution in [3.05, 3.63) is 28.8 Å². The molecule has 2 rings (SSSR count). The maximum absolute atomic E-state index is 5.39. The molecule has 0 spiro atoms. The van der Waals surface area contributed by atoms with Crippen LogP contribution in [0.1, 0.15) is 30.5 Å². The smallest absolute Gasteiger partial charge is 0.161 e. The Balaban J connectivity index is 2.53. The van der Waals surface area contributed by atoms with E-state index in [1.54, 1.807) is 14.2 Å². The molecule has 0 aromatic heterocycles. The van der Waals surface area contributed by atoms with Crippen LogP contribution in [0.25, 0.3) is 6.08 Å². The Hall–Kier alpha value is -1.48. The van der Waals surface area contributed by atoms with Crippen LogP contribution in [0.5, 0.6) is 11.5 Å². The minimum Gasteiger partial charge on any atom is -0.493 e. The molecule has 18 heavy (non-hydrogen) atoms. The molecule has 0 aliphatic heterocycles. The van der Waals surface area contributed by atoms with E-state index in [2.05, 4.69) is 44.1 Å². The van der Waals surface area contributed by atoms with Crippen LogP contribution in [0.3, 0.4) is 0 Å². The minimum atomic E-state index is 0.352. The fourth-order valence-corrected chi connectivity index (χ4v) is 2.66. The fraction of sp³-hybridized carbons (Fsp3) is 0.467. The zero-order chi connectivity index (χ0) is 13.3. The first-order valence-corrected chi connectivity index (χ1v) is 6.25. The SMILES string of the molecule is CCC1=Cc2cc(OC)c(OC)cc2C1N(C)C. The number of nitrogens with zero attached hydrogens (tertiary/aromatic N) is 1. The van der Waals surface area contributed by atoms with Crippen molar-refractivity contribution in [1.82, 2.24) is 4.90 Å². The van der Waals surface area contributed by atoms with E-state index in [9.17, 15) is 0 Å². The number of methoxy groups -OCH3 is 2. The van der Waals surface area contributed by atoms with Gasteiger partial charge in [-0.1, -0.05) is 13.0 Å². The largest absolute Gasteiger partial charge is 0.493 e. The van der Waals surface area contributed by atoms with E-state index in [0.29, 0.717) is 6.04 Å². The molecule has 0 heterocycles. The molecule has 0 fully saturated rings. The average molecular weight is 247 g/mol. The topological polar surface area (TPSA) is 21.7 Å². The summed E-state index contributed by atoms with van der Waals surface area (Å²) in [6.07, 6.45) is 3.32. The highest BCUT2D eigenvalue weighted by molar-refractivity contribution is 5.69. The second-order valence-corrected chi connectivity index (χ2v) is 4.78. The summed E-state index contributed by atoms with van der Waals surface area (Å²) in [5, 5.41) is 0. The molecule has 1 aromatic rings. The molecule has 3 nitrogen and oxygen atoms in total. The van der Waals surface area contributed by atoms with Gasteiger partial charge in [-0.25, -0.2) is 0 Å². The first-order valence-electron chi connectivity index (χ1n) is 6.25. The van der Waals surface area contributed by atoms with Crippen molar-refractivity contribution < 1.29 is 9.47 Å². The molecular formula is C15H21NO2. The van der Waals surface area contributed by atoms with Crippen LogP contribution in [0.4, 0.5) is 0 Å². The molecule has 0 N–H and O–H groups in total. The number of ether oxygens (including phenoxy) is 2. The minimum absolute atomic E-state index is 0.352. The number of rotatable bonds is 4. The molecule has 1 aliphatic carbocycles. The van der Waals surface area contributed by atoms with Gasteiger partial charge in [0.1, 0.15) is 0 Å². The molecule has 0 saturated carbocycles. The zero-order valence-electron chi connectivity index (χ0n) is 11.8. The van der Waals surface area contributed by atoms with Crippen LogP contribution >= 0.6 is 0 Å². The third-order valence-electron chi connectivity index (χ3n) is 3.50. The lowest BCUT2D eigenvalue weighted by molar-refractivity contribution is 0.331. The van der Waals surface area contributed by atoms with Gasteiger partial charge >= 0.3 is 0 Å². The molecule has 1 atom stereocenters. The summed E-state index contributed by atoms with van der Waals surface area (Å²) in [5.41, 5.74) is 3.98. The lowest BCUT2D eigenvalue weighted by Gasteiger charge is -2.24. The number of fused-ring (bicyclic) bond motifs is 1. The summed E-state index contributed by atoms with van der Waals surface area (Å²) in [5.74, 6) is 1.59. The van der Waals surface area contributed by atoms with Crippen molar-refractivity contribution in [3.63, 3.8) is 0 Å². The summed E-state index contributed by atoms with van der Waals surface area (Å²) < 4.78 is 10.7. The van der Waals surface area contributed by atoms with Crippen LogP contribution < -0.4 is 9.47 Å². The Labute approximate surface area is 109 Å². The molecule has 1 aromatic carbocycles. The molecular weight excluding hydrogens is 226 g/mol. The third kappa shape index (κ3) is 1.99. The summed E-state index contributed by atoms with van der Waals surface area (Å²) in [6, 6.07) is 4.51.